The zero-order chi connectivity index (χ0) is 22.1. The van der Waals surface area contributed by atoms with E-state index in [4.69, 9.17) is 4.98 Å². The van der Waals surface area contributed by atoms with E-state index >= 15 is 0 Å². The Balaban J connectivity index is 0.00000259. The van der Waals surface area contributed by atoms with Crippen LogP contribution in [0.5, 0.6) is 0 Å². The number of hydrogen-bond acceptors (Lipinski definition) is 3. The molecule has 0 amide bonds. The van der Waals surface area contributed by atoms with E-state index in [1.165, 1.54) is 22.3 Å². The van der Waals surface area contributed by atoms with Gasteiger partial charge in [-0.25, -0.2) is 0 Å². The van der Waals surface area contributed by atoms with Crippen LogP contribution in [0.25, 0.3) is 39.5 Å². The largest absolute Gasteiger partial charge is 0.352 e. The first-order valence-corrected chi connectivity index (χ1v) is 10.6. The molecule has 5 heteroatoms. The van der Waals surface area contributed by atoms with Crippen molar-refractivity contribution in [1.29, 1.82) is 0 Å². The third-order valence-electron chi connectivity index (χ3n) is 5.73. The smallest absolute Gasteiger partial charge is 0.125 e. The molecule has 0 aliphatic rings. The Morgan fingerprint density at radius 2 is 1.39 bits per heavy atom. The number of pyridine rings is 1. The van der Waals surface area contributed by atoms with Gasteiger partial charge in [-0.05, 0) is 55.3 Å². The molecule has 2 aromatic heterocycles. The zero-order valence-corrected chi connectivity index (χ0v) is 21.1. The Hall–Kier alpha value is -3.40. The molecule has 33 heavy (non-hydrogen) atoms. The second-order valence-electron chi connectivity index (χ2n) is 7.93. The number of rotatable bonds is 4. The van der Waals surface area contributed by atoms with Gasteiger partial charge in [0.2, 0.25) is 0 Å². The maximum Gasteiger partial charge on any atom is 0.125 e. The van der Waals surface area contributed by atoms with Gasteiger partial charge in [0.1, 0.15) is 5.82 Å². The summed E-state index contributed by atoms with van der Waals surface area (Å²) >= 11 is 0. The van der Waals surface area contributed by atoms with Gasteiger partial charge in [-0.2, -0.15) is 5.10 Å². The van der Waals surface area contributed by atoms with Crippen LogP contribution in [-0.2, 0) is 20.1 Å². The van der Waals surface area contributed by atoms with E-state index in [1.807, 2.05) is 29.8 Å². The van der Waals surface area contributed by atoms with Gasteiger partial charge < -0.3 is 9.55 Å². The maximum atomic E-state index is 4.73. The van der Waals surface area contributed by atoms with Crippen LogP contribution in [0.2, 0.25) is 0 Å². The summed E-state index contributed by atoms with van der Waals surface area (Å²) in [4.78, 5) is 4.73. The van der Waals surface area contributed by atoms with Gasteiger partial charge in [-0.15, -0.1) is 17.2 Å². The van der Waals surface area contributed by atoms with E-state index < -0.39 is 0 Å². The standard InChI is InChI=1S/C28H23N4.Ir/c1-19-8-7-9-20(2)27(19)26-17-14-24(18-29-26)28-31-30-21(3)32(28)25-15-12-23(13-16-25)22-10-5-4-6-11-22;/h4-13,15-18H,1-3H3;/q-1;. The van der Waals surface area contributed by atoms with Crippen molar-refractivity contribution in [3.8, 4) is 39.5 Å². The van der Waals surface area contributed by atoms with Crippen molar-refractivity contribution in [3.05, 3.63) is 108 Å². The van der Waals surface area contributed by atoms with Crippen molar-refractivity contribution >= 4 is 0 Å². The fraction of sp³-hybridized carbons (Fsp3) is 0.107. The van der Waals surface area contributed by atoms with Crippen LogP contribution in [0.1, 0.15) is 17.0 Å². The summed E-state index contributed by atoms with van der Waals surface area (Å²) in [6.07, 6.45) is 1.83. The Morgan fingerprint density at radius 3 is 2.03 bits per heavy atom. The van der Waals surface area contributed by atoms with E-state index in [-0.39, 0.29) is 20.1 Å². The molecule has 5 rings (SSSR count). The molecule has 4 nitrogen and oxygen atoms in total. The molecule has 165 valence electrons. The second-order valence-corrected chi connectivity index (χ2v) is 7.93. The molecule has 3 aromatic carbocycles. The first-order chi connectivity index (χ1) is 15.6. The molecular weight excluding hydrogens is 585 g/mol. The van der Waals surface area contributed by atoms with E-state index in [9.17, 15) is 0 Å². The Labute approximate surface area is 207 Å². The zero-order valence-electron chi connectivity index (χ0n) is 18.7. The molecule has 0 spiro atoms. The van der Waals surface area contributed by atoms with E-state index in [0.717, 1.165) is 34.2 Å². The predicted octanol–water partition coefficient (Wildman–Crippen LogP) is 6.39. The normalized spacial score (nSPS) is 10.6. The topological polar surface area (TPSA) is 43.6 Å². The molecule has 0 bridgehead atoms. The van der Waals surface area contributed by atoms with Gasteiger partial charge in [0.15, 0.2) is 0 Å². The number of benzene rings is 3. The average Bonchev–Trinajstić information content (AvgIpc) is 3.21. The molecule has 1 radical (unpaired) electrons. The first kappa shape index (κ1) is 22.8. The summed E-state index contributed by atoms with van der Waals surface area (Å²) in [5.41, 5.74) is 8.67. The van der Waals surface area contributed by atoms with Crippen molar-refractivity contribution in [3.63, 3.8) is 0 Å². The van der Waals surface area contributed by atoms with Gasteiger partial charge >= 0.3 is 0 Å². The Kier molecular flexibility index (Phi) is 6.64. The molecule has 0 aliphatic carbocycles. The molecule has 0 saturated heterocycles. The molecule has 2 heterocycles. The maximum absolute atomic E-state index is 4.73. The summed E-state index contributed by atoms with van der Waals surface area (Å²) in [6, 6.07) is 30.4. The fourth-order valence-electron chi connectivity index (χ4n) is 4.11. The van der Waals surface area contributed by atoms with Crippen molar-refractivity contribution in [2.45, 2.75) is 20.8 Å². The van der Waals surface area contributed by atoms with Crippen LogP contribution in [-0.4, -0.2) is 19.7 Å². The van der Waals surface area contributed by atoms with Crippen molar-refractivity contribution in [2.24, 2.45) is 0 Å². The van der Waals surface area contributed by atoms with Crippen LogP contribution in [0.4, 0.5) is 0 Å². The molecule has 0 saturated carbocycles. The van der Waals surface area contributed by atoms with Crippen molar-refractivity contribution in [1.82, 2.24) is 19.7 Å². The van der Waals surface area contributed by atoms with Crippen LogP contribution in [0.3, 0.4) is 0 Å². The SMILES string of the molecule is Cc1cccc(C)c1-c1c[c-]c(-c2nnc(C)n2-c2ccc(-c3ccccc3)cc2)cn1.[Ir]. The molecular formula is C28H23IrN4-. The van der Waals surface area contributed by atoms with Crippen molar-refractivity contribution < 1.29 is 20.1 Å². The predicted molar refractivity (Wildman–Crippen MR) is 129 cm³/mol. The quantitative estimate of drug-likeness (QED) is 0.223. The number of nitrogens with zero attached hydrogens (tertiary/aromatic N) is 4. The summed E-state index contributed by atoms with van der Waals surface area (Å²) in [7, 11) is 0. The van der Waals surface area contributed by atoms with Gasteiger partial charge in [0, 0.05) is 25.8 Å². The number of hydrogen-bond donors (Lipinski definition) is 0. The average molecular weight is 608 g/mol. The van der Waals surface area contributed by atoms with E-state index in [2.05, 4.69) is 96.8 Å². The van der Waals surface area contributed by atoms with E-state index in [0.29, 0.717) is 0 Å². The second kappa shape index (κ2) is 9.62. The van der Waals surface area contributed by atoms with Crippen LogP contribution < -0.4 is 0 Å². The minimum Gasteiger partial charge on any atom is -0.352 e. The monoisotopic (exact) mass is 608 g/mol. The Morgan fingerprint density at radius 1 is 0.727 bits per heavy atom. The molecule has 0 aliphatic heterocycles. The third-order valence-corrected chi connectivity index (χ3v) is 5.73. The minimum atomic E-state index is 0. The van der Waals surface area contributed by atoms with E-state index in [1.54, 1.807) is 0 Å². The molecule has 0 N–H and O–H groups in total. The summed E-state index contributed by atoms with van der Waals surface area (Å²) in [5.74, 6) is 1.55. The molecule has 0 fully saturated rings. The number of aromatic nitrogens is 4. The van der Waals surface area contributed by atoms with Crippen molar-refractivity contribution in [2.75, 3.05) is 0 Å². The first-order valence-electron chi connectivity index (χ1n) is 10.6. The minimum absolute atomic E-state index is 0. The molecule has 0 atom stereocenters. The van der Waals surface area contributed by atoms with Gasteiger partial charge in [0.25, 0.3) is 0 Å². The fourth-order valence-corrected chi connectivity index (χ4v) is 4.11. The van der Waals surface area contributed by atoms with Gasteiger partial charge in [-0.1, -0.05) is 83.6 Å². The van der Waals surface area contributed by atoms with Crippen LogP contribution >= 0.6 is 0 Å². The third kappa shape index (κ3) is 4.43. The summed E-state index contributed by atoms with van der Waals surface area (Å²) in [5, 5.41) is 8.75. The van der Waals surface area contributed by atoms with Crippen LogP contribution in [0.15, 0.2) is 85.1 Å². The number of aryl methyl sites for hydroxylation is 3. The molecule has 0 unspecified atom stereocenters. The summed E-state index contributed by atoms with van der Waals surface area (Å²) < 4.78 is 2.04. The van der Waals surface area contributed by atoms with Crippen LogP contribution in [0, 0.1) is 26.8 Å². The van der Waals surface area contributed by atoms with Gasteiger partial charge in [-0.3, -0.25) is 0 Å². The summed E-state index contributed by atoms with van der Waals surface area (Å²) in [6.45, 7) is 6.17. The van der Waals surface area contributed by atoms with Gasteiger partial charge in [0.05, 0.1) is 5.82 Å². The molecule has 5 aromatic rings. The Bertz CT molecular complexity index is 1350.